The smallest absolute Gasteiger partial charge is 0.267 e. The summed E-state index contributed by atoms with van der Waals surface area (Å²) in [6.45, 7) is 0.237. The van der Waals surface area contributed by atoms with Crippen LogP contribution in [0.2, 0.25) is 0 Å². The Hall–Kier alpha value is -1.62. The fourth-order valence-electron chi connectivity index (χ4n) is 1.52. The molecule has 1 fully saturated rings. The predicted octanol–water partition coefficient (Wildman–Crippen LogP) is -0.124. The van der Waals surface area contributed by atoms with Gasteiger partial charge in [0.25, 0.3) is 5.91 Å². The Morgan fingerprint density at radius 3 is 2.94 bits per heavy atom. The van der Waals surface area contributed by atoms with Crippen molar-refractivity contribution in [1.29, 1.82) is 0 Å². The van der Waals surface area contributed by atoms with Gasteiger partial charge in [-0.25, -0.2) is 0 Å². The van der Waals surface area contributed by atoms with Gasteiger partial charge in [0.2, 0.25) is 5.56 Å². The van der Waals surface area contributed by atoms with Gasteiger partial charge >= 0.3 is 0 Å². The standard InChI is InChI=1S/C11H14N2O3/c14-9(7-4-5-7)6-12-11(16)8-2-1-3-10(15)13-8/h1-3,7,9,14H,4-6H2,(H,12,16)(H,13,15). The molecule has 5 heteroatoms. The fourth-order valence-corrected chi connectivity index (χ4v) is 1.52. The molecule has 1 heterocycles. The van der Waals surface area contributed by atoms with Gasteiger partial charge in [-0.3, -0.25) is 9.59 Å². The third-order valence-corrected chi connectivity index (χ3v) is 2.65. The molecule has 0 bridgehead atoms. The van der Waals surface area contributed by atoms with E-state index in [4.69, 9.17) is 0 Å². The lowest BCUT2D eigenvalue weighted by Gasteiger charge is -2.10. The summed E-state index contributed by atoms with van der Waals surface area (Å²) in [5, 5.41) is 12.1. The van der Waals surface area contributed by atoms with E-state index < -0.39 is 6.10 Å². The predicted molar refractivity (Wildman–Crippen MR) is 58.1 cm³/mol. The van der Waals surface area contributed by atoms with Gasteiger partial charge in [-0.15, -0.1) is 0 Å². The molecule has 0 aliphatic heterocycles. The molecule has 0 aromatic carbocycles. The van der Waals surface area contributed by atoms with Crippen molar-refractivity contribution in [3.8, 4) is 0 Å². The number of pyridine rings is 1. The lowest BCUT2D eigenvalue weighted by atomic mass is 10.2. The highest BCUT2D eigenvalue weighted by atomic mass is 16.3. The van der Waals surface area contributed by atoms with E-state index in [0.717, 1.165) is 12.8 Å². The number of hydrogen-bond donors (Lipinski definition) is 3. The monoisotopic (exact) mass is 222 g/mol. The molecule has 16 heavy (non-hydrogen) atoms. The summed E-state index contributed by atoms with van der Waals surface area (Å²) in [7, 11) is 0. The van der Waals surface area contributed by atoms with Crippen molar-refractivity contribution in [1.82, 2.24) is 10.3 Å². The van der Waals surface area contributed by atoms with E-state index >= 15 is 0 Å². The van der Waals surface area contributed by atoms with Gasteiger partial charge in [0.05, 0.1) is 6.10 Å². The fraction of sp³-hybridized carbons (Fsp3) is 0.455. The van der Waals surface area contributed by atoms with Crippen LogP contribution in [0.25, 0.3) is 0 Å². The topological polar surface area (TPSA) is 82.2 Å². The number of aromatic nitrogens is 1. The highest BCUT2D eigenvalue weighted by molar-refractivity contribution is 5.92. The van der Waals surface area contributed by atoms with E-state index in [1.807, 2.05) is 0 Å². The van der Waals surface area contributed by atoms with Gasteiger partial charge in [-0.2, -0.15) is 0 Å². The Kier molecular flexibility index (Phi) is 3.05. The first-order valence-corrected chi connectivity index (χ1v) is 5.32. The van der Waals surface area contributed by atoms with E-state index in [1.165, 1.54) is 18.2 Å². The zero-order valence-corrected chi connectivity index (χ0v) is 8.77. The number of carbonyl (C=O) groups is 1. The van der Waals surface area contributed by atoms with Crippen molar-refractivity contribution >= 4 is 5.91 Å². The van der Waals surface area contributed by atoms with Crippen molar-refractivity contribution in [3.63, 3.8) is 0 Å². The number of aliphatic hydroxyl groups is 1. The zero-order chi connectivity index (χ0) is 11.5. The average Bonchev–Trinajstić information content (AvgIpc) is 3.09. The van der Waals surface area contributed by atoms with Crippen LogP contribution < -0.4 is 10.9 Å². The molecule has 1 aromatic heterocycles. The molecule has 0 radical (unpaired) electrons. The number of hydrogen-bond acceptors (Lipinski definition) is 3. The number of amides is 1. The van der Waals surface area contributed by atoms with E-state index in [9.17, 15) is 14.7 Å². The molecule has 1 unspecified atom stereocenters. The second kappa shape index (κ2) is 4.49. The number of rotatable bonds is 4. The Morgan fingerprint density at radius 2 is 2.31 bits per heavy atom. The van der Waals surface area contributed by atoms with Gasteiger partial charge in [0.1, 0.15) is 5.69 Å². The number of H-pyrrole nitrogens is 1. The van der Waals surface area contributed by atoms with Gasteiger partial charge in [0.15, 0.2) is 0 Å². The summed E-state index contributed by atoms with van der Waals surface area (Å²) in [5.41, 5.74) is -0.0918. The first-order chi connectivity index (χ1) is 7.66. The Morgan fingerprint density at radius 1 is 1.56 bits per heavy atom. The number of nitrogens with one attached hydrogen (secondary N) is 2. The molecule has 1 aromatic rings. The molecule has 5 nitrogen and oxygen atoms in total. The van der Waals surface area contributed by atoms with Crippen LogP contribution in [0.15, 0.2) is 23.0 Å². The summed E-state index contributed by atoms with van der Waals surface area (Å²) in [6, 6.07) is 4.39. The molecular weight excluding hydrogens is 208 g/mol. The molecule has 86 valence electrons. The van der Waals surface area contributed by atoms with Crippen molar-refractivity contribution in [2.75, 3.05) is 6.54 Å². The number of aliphatic hydroxyl groups excluding tert-OH is 1. The van der Waals surface area contributed by atoms with Crippen molar-refractivity contribution < 1.29 is 9.90 Å². The third-order valence-electron chi connectivity index (χ3n) is 2.65. The summed E-state index contributed by atoms with van der Waals surface area (Å²) in [4.78, 5) is 24.9. The highest BCUT2D eigenvalue weighted by Gasteiger charge is 2.29. The second-order valence-corrected chi connectivity index (χ2v) is 4.04. The summed E-state index contributed by atoms with van der Waals surface area (Å²) in [5.74, 6) is -0.0347. The maximum Gasteiger partial charge on any atom is 0.267 e. The molecule has 3 N–H and O–H groups in total. The van der Waals surface area contributed by atoms with Crippen molar-refractivity contribution in [2.24, 2.45) is 5.92 Å². The zero-order valence-electron chi connectivity index (χ0n) is 8.77. The van der Waals surface area contributed by atoms with E-state index in [-0.39, 0.29) is 23.7 Å². The van der Waals surface area contributed by atoms with Gasteiger partial charge < -0.3 is 15.4 Å². The quantitative estimate of drug-likeness (QED) is 0.664. The van der Waals surface area contributed by atoms with E-state index in [2.05, 4.69) is 10.3 Å². The van der Waals surface area contributed by atoms with Crippen molar-refractivity contribution in [2.45, 2.75) is 18.9 Å². The van der Waals surface area contributed by atoms with Gasteiger partial charge in [0, 0.05) is 12.6 Å². The first-order valence-electron chi connectivity index (χ1n) is 5.32. The van der Waals surface area contributed by atoms with Crippen LogP contribution in [0.5, 0.6) is 0 Å². The molecule has 1 saturated carbocycles. The molecule has 0 spiro atoms. The SMILES string of the molecule is O=C(NCC(O)C1CC1)c1cccc(=O)[nH]1. The number of aromatic amines is 1. The summed E-state index contributed by atoms with van der Waals surface area (Å²) >= 11 is 0. The second-order valence-electron chi connectivity index (χ2n) is 4.04. The van der Waals surface area contributed by atoms with Crippen LogP contribution in [-0.2, 0) is 0 Å². The van der Waals surface area contributed by atoms with E-state index in [1.54, 1.807) is 0 Å². The third kappa shape index (κ3) is 2.70. The van der Waals surface area contributed by atoms with Crippen LogP contribution in [0.4, 0.5) is 0 Å². The molecule has 1 amide bonds. The molecule has 1 atom stereocenters. The highest BCUT2D eigenvalue weighted by Crippen LogP contribution is 2.32. The van der Waals surface area contributed by atoms with E-state index in [0.29, 0.717) is 5.92 Å². The van der Waals surface area contributed by atoms with Gasteiger partial charge in [-0.1, -0.05) is 6.07 Å². The lowest BCUT2D eigenvalue weighted by molar-refractivity contribution is 0.0896. The van der Waals surface area contributed by atoms with Crippen molar-refractivity contribution in [3.05, 3.63) is 34.2 Å². The van der Waals surface area contributed by atoms with Crippen LogP contribution >= 0.6 is 0 Å². The number of carbonyl (C=O) groups excluding carboxylic acids is 1. The van der Waals surface area contributed by atoms with Gasteiger partial charge in [-0.05, 0) is 24.8 Å². The summed E-state index contributed by atoms with van der Waals surface area (Å²) < 4.78 is 0. The van der Waals surface area contributed by atoms with Crippen LogP contribution in [0.1, 0.15) is 23.3 Å². The summed E-state index contributed by atoms with van der Waals surface area (Å²) in [6.07, 6.45) is 1.58. The Bertz CT molecular complexity index is 437. The molecule has 1 aliphatic rings. The molecule has 1 aliphatic carbocycles. The lowest BCUT2D eigenvalue weighted by Crippen LogP contribution is -2.34. The average molecular weight is 222 g/mol. The van der Waals surface area contributed by atoms with Crippen LogP contribution in [0.3, 0.4) is 0 Å². The van der Waals surface area contributed by atoms with Crippen LogP contribution in [0, 0.1) is 5.92 Å². The Labute approximate surface area is 92.5 Å². The normalized spacial score (nSPS) is 16.8. The molecule has 0 saturated heterocycles. The molecule has 2 rings (SSSR count). The Balaban J connectivity index is 1.89. The first kappa shape index (κ1) is 10.9. The minimum atomic E-state index is -0.473. The maximum absolute atomic E-state index is 11.6. The maximum atomic E-state index is 11.6. The molecular formula is C11H14N2O3. The minimum absolute atomic E-state index is 0.218. The van der Waals surface area contributed by atoms with Crippen LogP contribution in [-0.4, -0.2) is 28.6 Å². The largest absolute Gasteiger partial charge is 0.391 e. The minimum Gasteiger partial charge on any atom is -0.391 e.